The van der Waals surface area contributed by atoms with E-state index in [1.807, 2.05) is 6.07 Å². The Morgan fingerprint density at radius 2 is 2.10 bits per heavy atom. The maximum Gasteiger partial charge on any atom is 0.260 e. The second kappa shape index (κ2) is 8.61. The van der Waals surface area contributed by atoms with Gasteiger partial charge in [-0.25, -0.2) is 14.4 Å². The number of nitriles is 1. The van der Waals surface area contributed by atoms with Gasteiger partial charge in [-0.05, 0) is 11.6 Å². The molecule has 1 fully saturated rings. The van der Waals surface area contributed by atoms with Crippen LogP contribution in [0.4, 0.5) is 10.2 Å². The maximum absolute atomic E-state index is 15.7. The summed E-state index contributed by atoms with van der Waals surface area (Å²) in [6, 6.07) is 2.02. The Kier molecular flexibility index (Phi) is 5.89. The summed E-state index contributed by atoms with van der Waals surface area (Å²) in [4.78, 5) is 28.4. The van der Waals surface area contributed by atoms with E-state index >= 15 is 4.39 Å². The van der Waals surface area contributed by atoms with Gasteiger partial charge in [0, 0.05) is 55.6 Å². The van der Waals surface area contributed by atoms with Gasteiger partial charge in [0.15, 0.2) is 5.67 Å². The molecule has 2 aromatic rings. The predicted octanol–water partition coefficient (Wildman–Crippen LogP) is 1.62. The third-order valence-corrected chi connectivity index (χ3v) is 5.75. The molecule has 0 atom stereocenters. The van der Waals surface area contributed by atoms with Crippen LogP contribution >= 0.6 is 11.6 Å². The third kappa shape index (κ3) is 4.11. The number of carbonyl (C=O) groups is 1. The second-order valence-corrected chi connectivity index (χ2v) is 7.80. The number of aliphatic hydroxyl groups is 1. The average molecular weight is 447 g/mol. The first-order chi connectivity index (χ1) is 14.9. The Morgan fingerprint density at radius 1 is 1.32 bits per heavy atom. The summed E-state index contributed by atoms with van der Waals surface area (Å²) < 4.78 is 21.4. The van der Waals surface area contributed by atoms with Crippen molar-refractivity contribution < 1.29 is 19.0 Å². The summed E-state index contributed by atoms with van der Waals surface area (Å²) >= 11 is 5.88. The van der Waals surface area contributed by atoms with Crippen molar-refractivity contribution in [2.75, 3.05) is 31.1 Å². The van der Waals surface area contributed by atoms with E-state index in [0.29, 0.717) is 28.3 Å². The summed E-state index contributed by atoms with van der Waals surface area (Å²) in [5.74, 6) is 0.242. The van der Waals surface area contributed by atoms with Crippen molar-refractivity contribution in [2.24, 2.45) is 0 Å². The number of ether oxygens (including phenoxy) is 1. The molecule has 0 aliphatic carbocycles. The number of aliphatic hydroxyl groups excluding tert-OH is 1. The number of aromatic nitrogens is 3. The van der Waals surface area contributed by atoms with Crippen LogP contribution in [0.25, 0.3) is 0 Å². The number of pyridine rings is 1. The van der Waals surface area contributed by atoms with Gasteiger partial charge in [0.1, 0.15) is 29.8 Å². The fourth-order valence-corrected chi connectivity index (χ4v) is 4.03. The van der Waals surface area contributed by atoms with Crippen LogP contribution in [-0.2, 0) is 17.9 Å². The van der Waals surface area contributed by atoms with Crippen LogP contribution in [0.3, 0.4) is 0 Å². The standard InChI is InChI=1S/C20H20ClFN6O3/c21-19-25-10-15(12-29)17(26-19)27-3-1-20(22,2-4-27)18(30)28-5-6-31-16-13(7-23)8-24-9-14(16)11-28/h8-10,29H,1-6,11-12H2. The summed E-state index contributed by atoms with van der Waals surface area (Å²) in [7, 11) is 0. The third-order valence-electron chi connectivity index (χ3n) is 5.57. The lowest BCUT2D eigenvalue weighted by molar-refractivity contribution is -0.146. The zero-order valence-corrected chi connectivity index (χ0v) is 17.3. The van der Waals surface area contributed by atoms with Crippen molar-refractivity contribution in [2.45, 2.75) is 31.7 Å². The highest BCUT2D eigenvalue weighted by molar-refractivity contribution is 6.28. The maximum atomic E-state index is 15.7. The van der Waals surface area contributed by atoms with Gasteiger partial charge >= 0.3 is 0 Å². The van der Waals surface area contributed by atoms with Crippen LogP contribution in [0.15, 0.2) is 18.6 Å². The molecule has 1 N–H and O–H groups in total. The summed E-state index contributed by atoms with van der Waals surface area (Å²) in [5, 5.41) is 18.8. The molecular weight excluding hydrogens is 427 g/mol. The van der Waals surface area contributed by atoms with Gasteiger partial charge in [0.2, 0.25) is 5.28 Å². The molecule has 2 aliphatic heterocycles. The molecule has 1 saturated heterocycles. The molecule has 162 valence electrons. The van der Waals surface area contributed by atoms with Crippen molar-refractivity contribution in [3.8, 4) is 11.8 Å². The lowest BCUT2D eigenvalue weighted by Crippen LogP contribution is -2.53. The van der Waals surface area contributed by atoms with Gasteiger partial charge < -0.3 is 19.6 Å². The molecule has 9 nitrogen and oxygen atoms in total. The van der Waals surface area contributed by atoms with Crippen molar-refractivity contribution in [3.05, 3.63) is 40.6 Å². The Hall–Kier alpha value is -3.03. The van der Waals surface area contributed by atoms with Crippen LogP contribution in [0.2, 0.25) is 5.28 Å². The minimum atomic E-state index is -2.03. The average Bonchev–Trinajstić information content (AvgIpc) is 3.01. The molecule has 0 bridgehead atoms. The van der Waals surface area contributed by atoms with Crippen molar-refractivity contribution >= 4 is 23.3 Å². The van der Waals surface area contributed by atoms with Gasteiger partial charge in [-0.3, -0.25) is 9.78 Å². The number of alkyl halides is 1. The number of hydrogen-bond donors (Lipinski definition) is 1. The smallest absolute Gasteiger partial charge is 0.260 e. The van der Waals surface area contributed by atoms with Crippen LogP contribution < -0.4 is 9.64 Å². The van der Waals surface area contributed by atoms with Crippen molar-refractivity contribution in [1.82, 2.24) is 19.9 Å². The first-order valence-corrected chi connectivity index (χ1v) is 10.2. The van der Waals surface area contributed by atoms with E-state index in [2.05, 4.69) is 15.0 Å². The normalized spacial score (nSPS) is 17.9. The lowest BCUT2D eigenvalue weighted by Gasteiger charge is -2.38. The molecular formula is C20H20ClFN6O3. The molecule has 2 aliphatic rings. The first-order valence-electron chi connectivity index (χ1n) is 9.80. The molecule has 4 heterocycles. The van der Waals surface area contributed by atoms with Crippen LogP contribution in [0, 0.1) is 11.3 Å². The zero-order chi connectivity index (χ0) is 22.0. The van der Waals surface area contributed by atoms with Crippen LogP contribution in [0.5, 0.6) is 5.75 Å². The molecule has 0 unspecified atom stereocenters. The number of anilines is 1. The van der Waals surface area contributed by atoms with Crippen molar-refractivity contribution in [3.63, 3.8) is 0 Å². The van der Waals surface area contributed by atoms with E-state index in [-0.39, 0.29) is 57.5 Å². The van der Waals surface area contributed by atoms with Gasteiger partial charge in [-0.15, -0.1) is 0 Å². The zero-order valence-electron chi connectivity index (χ0n) is 16.6. The van der Waals surface area contributed by atoms with E-state index in [0.717, 1.165) is 0 Å². The van der Waals surface area contributed by atoms with Crippen molar-refractivity contribution in [1.29, 1.82) is 5.26 Å². The molecule has 11 heteroatoms. The number of rotatable bonds is 3. The highest BCUT2D eigenvalue weighted by Crippen LogP contribution is 2.34. The molecule has 1 amide bonds. The van der Waals surface area contributed by atoms with Crippen LogP contribution in [-0.4, -0.2) is 62.8 Å². The van der Waals surface area contributed by atoms with Gasteiger partial charge in [-0.1, -0.05) is 0 Å². The van der Waals surface area contributed by atoms with Crippen LogP contribution in [0.1, 0.15) is 29.5 Å². The summed E-state index contributed by atoms with van der Waals surface area (Å²) in [6.45, 7) is 0.715. The number of amides is 1. The number of nitrogens with zero attached hydrogens (tertiary/aromatic N) is 6. The number of piperidine rings is 1. The Balaban J connectivity index is 1.49. The molecule has 0 radical (unpaired) electrons. The number of carbonyl (C=O) groups excluding carboxylic acids is 1. The summed E-state index contributed by atoms with van der Waals surface area (Å²) in [6.07, 6.45) is 4.32. The quantitative estimate of drug-likeness (QED) is 0.707. The van der Waals surface area contributed by atoms with Gasteiger partial charge in [0.05, 0.1) is 19.7 Å². The number of halogens is 2. The predicted molar refractivity (Wildman–Crippen MR) is 108 cm³/mol. The molecule has 0 aromatic carbocycles. The van der Waals surface area contributed by atoms with E-state index in [4.69, 9.17) is 16.3 Å². The Morgan fingerprint density at radius 3 is 2.81 bits per heavy atom. The molecule has 4 rings (SSSR count). The van der Waals surface area contributed by atoms with Gasteiger partial charge in [0.25, 0.3) is 5.91 Å². The molecule has 31 heavy (non-hydrogen) atoms. The first kappa shape index (κ1) is 21.2. The minimum Gasteiger partial charge on any atom is -0.490 e. The summed E-state index contributed by atoms with van der Waals surface area (Å²) in [5.41, 5.74) is -0.672. The monoisotopic (exact) mass is 446 g/mol. The lowest BCUT2D eigenvalue weighted by atomic mass is 9.91. The largest absolute Gasteiger partial charge is 0.490 e. The molecule has 0 saturated carbocycles. The molecule has 2 aromatic heterocycles. The SMILES string of the molecule is N#Cc1cncc2c1OCCN(C(=O)C1(F)CCN(c3nc(Cl)ncc3CO)CC1)C2. The van der Waals surface area contributed by atoms with E-state index in [1.165, 1.54) is 23.5 Å². The topological polar surface area (TPSA) is 115 Å². The fraction of sp³-hybridized carbons (Fsp3) is 0.450. The van der Waals surface area contributed by atoms with Gasteiger partial charge in [-0.2, -0.15) is 5.26 Å². The second-order valence-electron chi connectivity index (χ2n) is 7.46. The van der Waals surface area contributed by atoms with E-state index in [1.54, 1.807) is 4.90 Å². The highest BCUT2D eigenvalue weighted by atomic mass is 35.5. The molecule has 0 spiro atoms. The minimum absolute atomic E-state index is 0.0287. The number of fused-ring (bicyclic) bond motifs is 1. The Labute approximate surface area is 183 Å². The van der Waals surface area contributed by atoms with E-state index in [9.17, 15) is 15.2 Å². The Bertz CT molecular complexity index is 1040. The number of hydrogen-bond acceptors (Lipinski definition) is 8. The highest BCUT2D eigenvalue weighted by Gasteiger charge is 2.45. The fourth-order valence-electron chi connectivity index (χ4n) is 3.90. The van der Waals surface area contributed by atoms with E-state index < -0.39 is 11.6 Å².